The number of benzene rings is 1. The lowest BCUT2D eigenvalue weighted by atomic mass is 9.96. The first-order valence-corrected chi connectivity index (χ1v) is 10.6. The summed E-state index contributed by atoms with van der Waals surface area (Å²) in [6.07, 6.45) is 2.73. The predicted molar refractivity (Wildman–Crippen MR) is 104 cm³/mol. The maximum Gasteiger partial charge on any atom is 0.241 e. The zero-order chi connectivity index (χ0) is 20.2. The molecule has 1 aliphatic heterocycles. The maximum atomic E-state index is 12.8. The van der Waals surface area contributed by atoms with Crippen LogP contribution in [-0.4, -0.2) is 49.8 Å². The number of nitrogens with one attached hydrogen (secondary N) is 2. The molecule has 150 valence electrons. The molecule has 2 amide bonds. The first kappa shape index (κ1) is 21.3. The number of carbonyl (C=O) groups is 2. The van der Waals surface area contributed by atoms with Gasteiger partial charge in [0, 0.05) is 31.2 Å². The van der Waals surface area contributed by atoms with Gasteiger partial charge in [0.1, 0.15) is 0 Å². The Morgan fingerprint density at radius 1 is 1.19 bits per heavy atom. The molecular formula is C18H28N4O4S. The number of likely N-dealkylation sites (tertiary alicyclic amines) is 1. The topological polar surface area (TPSA) is 122 Å². The second-order valence-corrected chi connectivity index (χ2v) is 8.72. The number of hydrogen-bond donors (Lipinski definition) is 3. The van der Waals surface area contributed by atoms with E-state index in [0.29, 0.717) is 12.2 Å². The lowest BCUT2D eigenvalue weighted by Gasteiger charge is -2.39. The highest BCUT2D eigenvalue weighted by molar-refractivity contribution is 7.89. The molecular weight excluding hydrogens is 368 g/mol. The fourth-order valence-electron chi connectivity index (χ4n) is 3.30. The van der Waals surface area contributed by atoms with Gasteiger partial charge in [-0.15, -0.1) is 0 Å². The Balaban J connectivity index is 2.09. The largest absolute Gasteiger partial charge is 0.337 e. The SMILES string of the molecule is CC(=O)Nc1ccc(S(=O)(=O)NC(C)C(=O)N2CCCCC2C(C)N)cc1. The minimum atomic E-state index is -3.87. The molecule has 8 nitrogen and oxygen atoms in total. The van der Waals surface area contributed by atoms with E-state index >= 15 is 0 Å². The van der Waals surface area contributed by atoms with E-state index in [1.165, 1.54) is 31.2 Å². The fourth-order valence-corrected chi connectivity index (χ4v) is 4.49. The first-order chi connectivity index (χ1) is 12.6. The molecule has 0 aliphatic carbocycles. The van der Waals surface area contributed by atoms with Gasteiger partial charge in [0.25, 0.3) is 0 Å². The zero-order valence-electron chi connectivity index (χ0n) is 15.9. The van der Waals surface area contributed by atoms with E-state index in [0.717, 1.165) is 19.3 Å². The Bertz CT molecular complexity index is 777. The molecule has 1 heterocycles. The van der Waals surface area contributed by atoms with Crippen LogP contribution in [0.3, 0.4) is 0 Å². The molecule has 1 aromatic carbocycles. The molecule has 2 rings (SSSR count). The van der Waals surface area contributed by atoms with E-state index in [2.05, 4.69) is 10.0 Å². The first-order valence-electron chi connectivity index (χ1n) is 9.08. The molecule has 4 N–H and O–H groups in total. The highest BCUT2D eigenvalue weighted by atomic mass is 32.2. The predicted octanol–water partition coefficient (Wildman–Crippen LogP) is 1.04. The fraction of sp³-hybridized carbons (Fsp3) is 0.556. The highest BCUT2D eigenvalue weighted by Crippen LogP contribution is 2.21. The molecule has 1 aromatic rings. The highest BCUT2D eigenvalue weighted by Gasteiger charge is 2.33. The molecule has 27 heavy (non-hydrogen) atoms. The molecule has 0 radical (unpaired) electrons. The van der Waals surface area contributed by atoms with Crippen LogP contribution < -0.4 is 15.8 Å². The van der Waals surface area contributed by atoms with E-state index in [1.807, 2.05) is 6.92 Å². The third-order valence-corrected chi connectivity index (χ3v) is 6.18. The van der Waals surface area contributed by atoms with Crippen molar-refractivity contribution in [1.29, 1.82) is 0 Å². The van der Waals surface area contributed by atoms with Crippen molar-refractivity contribution in [2.75, 3.05) is 11.9 Å². The summed E-state index contributed by atoms with van der Waals surface area (Å²) >= 11 is 0. The number of hydrogen-bond acceptors (Lipinski definition) is 5. The van der Waals surface area contributed by atoms with Crippen molar-refractivity contribution in [3.05, 3.63) is 24.3 Å². The summed E-state index contributed by atoms with van der Waals surface area (Å²) in [5.41, 5.74) is 6.50. The summed E-state index contributed by atoms with van der Waals surface area (Å²) in [6.45, 7) is 5.36. The number of nitrogens with two attached hydrogens (primary N) is 1. The van der Waals surface area contributed by atoms with E-state index in [-0.39, 0.29) is 28.8 Å². The van der Waals surface area contributed by atoms with Crippen LogP contribution >= 0.6 is 0 Å². The Morgan fingerprint density at radius 2 is 1.81 bits per heavy atom. The third kappa shape index (κ3) is 5.50. The minimum absolute atomic E-state index is 0.0265. The van der Waals surface area contributed by atoms with Gasteiger partial charge in [-0.1, -0.05) is 0 Å². The van der Waals surface area contributed by atoms with Crippen LogP contribution in [0.15, 0.2) is 29.2 Å². The van der Waals surface area contributed by atoms with Crippen LogP contribution in [0.2, 0.25) is 0 Å². The smallest absolute Gasteiger partial charge is 0.241 e. The summed E-state index contributed by atoms with van der Waals surface area (Å²) in [5, 5.41) is 2.57. The molecule has 3 unspecified atom stereocenters. The minimum Gasteiger partial charge on any atom is -0.337 e. The van der Waals surface area contributed by atoms with Crippen molar-refractivity contribution in [3.8, 4) is 0 Å². The number of piperidine rings is 1. The summed E-state index contributed by atoms with van der Waals surface area (Å²) < 4.78 is 27.6. The average molecular weight is 397 g/mol. The monoisotopic (exact) mass is 396 g/mol. The molecule has 1 aliphatic rings. The van der Waals surface area contributed by atoms with Gasteiger partial charge in [0.05, 0.1) is 10.9 Å². The van der Waals surface area contributed by atoms with Crippen molar-refractivity contribution in [1.82, 2.24) is 9.62 Å². The number of amides is 2. The van der Waals surface area contributed by atoms with E-state index in [4.69, 9.17) is 5.73 Å². The molecule has 9 heteroatoms. The summed E-state index contributed by atoms with van der Waals surface area (Å²) in [4.78, 5) is 25.6. The van der Waals surface area contributed by atoms with E-state index in [9.17, 15) is 18.0 Å². The van der Waals surface area contributed by atoms with Crippen molar-refractivity contribution in [3.63, 3.8) is 0 Å². The number of carbonyl (C=O) groups excluding carboxylic acids is 2. The van der Waals surface area contributed by atoms with Gasteiger partial charge < -0.3 is 16.0 Å². The van der Waals surface area contributed by atoms with Gasteiger partial charge in [-0.25, -0.2) is 8.42 Å². The van der Waals surface area contributed by atoms with Gasteiger partial charge in [0.15, 0.2) is 0 Å². The number of rotatable bonds is 6. The molecule has 1 saturated heterocycles. The van der Waals surface area contributed by atoms with Crippen LogP contribution in [-0.2, 0) is 19.6 Å². The number of nitrogens with zero attached hydrogens (tertiary/aromatic N) is 1. The maximum absolute atomic E-state index is 12.8. The van der Waals surface area contributed by atoms with Crippen molar-refractivity contribution in [2.45, 2.75) is 63.1 Å². The molecule has 0 saturated carbocycles. The third-order valence-electron chi connectivity index (χ3n) is 4.63. The second-order valence-electron chi connectivity index (χ2n) is 7.00. The van der Waals surface area contributed by atoms with E-state index in [1.54, 1.807) is 11.8 Å². The molecule has 0 aromatic heterocycles. The summed E-state index contributed by atoms with van der Waals surface area (Å²) in [7, 11) is -3.87. The van der Waals surface area contributed by atoms with Gasteiger partial charge in [-0.05, 0) is 57.4 Å². The Hall–Kier alpha value is -1.97. The lowest BCUT2D eigenvalue weighted by Crippen LogP contribution is -2.56. The average Bonchev–Trinajstić information content (AvgIpc) is 2.60. The van der Waals surface area contributed by atoms with Crippen molar-refractivity contribution in [2.24, 2.45) is 5.73 Å². The van der Waals surface area contributed by atoms with Crippen LogP contribution in [0.25, 0.3) is 0 Å². The Morgan fingerprint density at radius 3 is 2.37 bits per heavy atom. The molecule has 3 atom stereocenters. The summed E-state index contributed by atoms with van der Waals surface area (Å²) in [6, 6.07) is 4.63. The second kappa shape index (κ2) is 8.81. The van der Waals surface area contributed by atoms with Crippen molar-refractivity contribution >= 4 is 27.5 Å². The van der Waals surface area contributed by atoms with Gasteiger partial charge in [0.2, 0.25) is 21.8 Å². The molecule has 0 bridgehead atoms. The van der Waals surface area contributed by atoms with Gasteiger partial charge in [-0.3, -0.25) is 9.59 Å². The molecule has 0 spiro atoms. The number of anilines is 1. The normalized spacial score (nSPS) is 20.0. The lowest BCUT2D eigenvalue weighted by molar-refractivity contribution is -0.136. The van der Waals surface area contributed by atoms with Crippen LogP contribution in [0.5, 0.6) is 0 Å². The van der Waals surface area contributed by atoms with Crippen molar-refractivity contribution < 1.29 is 18.0 Å². The Kier molecular flexibility index (Phi) is 6.96. The van der Waals surface area contributed by atoms with Crippen LogP contribution in [0.4, 0.5) is 5.69 Å². The Labute approximate surface area is 160 Å². The van der Waals surface area contributed by atoms with Crippen LogP contribution in [0, 0.1) is 0 Å². The summed E-state index contributed by atoms with van der Waals surface area (Å²) in [5.74, 6) is -0.511. The standard InChI is InChI=1S/C18H28N4O4S/c1-12(19)17-6-4-5-11-22(17)18(24)13(2)21-27(25,26)16-9-7-15(8-10-16)20-14(3)23/h7-10,12-13,17,21H,4-6,11,19H2,1-3H3,(H,20,23). The van der Waals surface area contributed by atoms with Gasteiger partial charge in [-0.2, -0.15) is 4.72 Å². The van der Waals surface area contributed by atoms with Crippen LogP contribution in [0.1, 0.15) is 40.0 Å². The number of sulfonamides is 1. The zero-order valence-corrected chi connectivity index (χ0v) is 16.8. The van der Waals surface area contributed by atoms with E-state index < -0.39 is 16.1 Å². The molecule has 1 fully saturated rings. The van der Waals surface area contributed by atoms with Gasteiger partial charge >= 0.3 is 0 Å². The quantitative estimate of drug-likeness (QED) is 0.663.